The Kier molecular flexibility index (Phi) is 12.8. The number of nitrogens with two attached hydrogens (primary N) is 2. The average Bonchev–Trinajstić information content (AvgIpc) is 2.87. The lowest BCUT2D eigenvalue weighted by molar-refractivity contribution is -0.146. The van der Waals surface area contributed by atoms with Crippen molar-refractivity contribution in [2.24, 2.45) is 16.9 Å². The summed E-state index contributed by atoms with van der Waals surface area (Å²) in [5, 5.41) is 2.60. The van der Waals surface area contributed by atoms with Crippen LogP contribution < -0.4 is 16.8 Å². The van der Waals surface area contributed by atoms with Crippen molar-refractivity contribution in [3.63, 3.8) is 0 Å². The number of benzene rings is 1. The van der Waals surface area contributed by atoms with Crippen molar-refractivity contribution in [3.8, 4) is 0 Å². The topological polar surface area (TPSA) is 125 Å². The van der Waals surface area contributed by atoms with Crippen LogP contribution in [0.1, 0.15) is 65.9 Å². The smallest absolute Gasteiger partial charge is 0.329 e. The third-order valence-electron chi connectivity index (χ3n) is 7.05. The summed E-state index contributed by atoms with van der Waals surface area (Å²) in [7, 11) is 0. The minimum absolute atomic E-state index is 0.0502. The molecule has 0 aromatic heterocycles. The molecule has 0 saturated heterocycles. The maximum Gasteiger partial charge on any atom is 0.329 e. The molecule has 0 bridgehead atoms. The summed E-state index contributed by atoms with van der Waals surface area (Å²) < 4.78 is 5.44. The van der Waals surface area contributed by atoms with Crippen LogP contribution in [-0.2, 0) is 25.5 Å². The van der Waals surface area contributed by atoms with Gasteiger partial charge in [0.15, 0.2) is 0 Å². The number of carbonyl (C=O) groups excluding carboxylic acids is 3. The summed E-state index contributed by atoms with van der Waals surface area (Å²) >= 11 is 0. The molecule has 0 unspecified atom stereocenters. The van der Waals surface area contributed by atoms with Crippen LogP contribution in [0.5, 0.6) is 0 Å². The van der Waals surface area contributed by atoms with Crippen LogP contribution in [0.25, 0.3) is 0 Å². The molecule has 0 radical (unpaired) electrons. The third kappa shape index (κ3) is 11.2. The highest BCUT2D eigenvalue weighted by Crippen LogP contribution is 2.40. The van der Waals surface area contributed by atoms with E-state index < -0.39 is 29.9 Å². The van der Waals surface area contributed by atoms with Crippen LogP contribution in [0.2, 0.25) is 0 Å². The van der Waals surface area contributed by atoms with E-state index in [9.17, 15) is 14.4 Å². The van der Waals surface area contributed by atoms with Gasteiger partial charge in [0.2, 0.25) is 11.8 Å². The van der Waals surface area contributed by atoms with E-state index in [1.807, 2.05) is 55.5 Å². The van der Waals surface area contributed by atoms with Gasteiger partial charge in [-0.3, -0.25) is 9.59 Å². The van der Waals surface area contributed by atoms with Gasteiger partial charge < -0.3 is 21.5 Å². The first-order valence-electron chi connectivity index (χ1n) is 13.8. The number of hydrogen-bond donors (Lipinski definition) is 3. The summed E-state index contributed by atoms with van der Waals surface area (Å²) in [5.41, 5.74) is 16.9. The molecule has 0 heterocycles. The number of carbonyl (C=O) groups is 3. The first kappa shape index (κ1) is 32.5. The van der Waals surface area contributed by atoms with E-state index in [0.29, 0.717) is 0 Å². The predicted octanol–water partition coefficient (Wildman–Crippen LogP) is 4.99. The zero-order valence-corrected chi connectivity index (χ0v) is 24.5. The molecule has 1 aliphatic carbocycles. The number of esters is 1. The van der Waals surface area contributed by atoms with E-state index in [2.05, 4.69) is 45.2 Å². The van der Waals surface area contributed by atoms with Crippen LogP contribution >= 0.6 is 0 Å². The summed E-state index contributed by atoms with van der Waals surface area (Å²) in [6.07, 6.45) is 15.7. The zero-order valence-electron chi connectivity index (χ0n) is 24.5. The standard InChI is InChI=1S/C33H45N3O4/c1-23(16-17-27-25(3)13-10-19-33(27,4)5)11-9-12-24(2)18-20-40-32(39)29(21-26-14-7-6-8-15-26)36-31(38)28(34)22-30(35)37/h6-9,11-12,14-18,28-29H,10,13,19-22,34H2,1-5H3,(H2,35,37)(H,36,38)/b12-9+,17-16+,23-11+,24-18+/t28-,29-/m0/s1. The Hall–Kier alpha value is -3.71. The highest BCUT2D eigenvalue weighted by Gasteiger charge is 2.27. The fourth-order valence-corrected chi connectivity index (χ4v) is 4.69. The van der Waals surface area contributed by atoms with Gasteiger partial charge in [0.1, 0.15) is 12.6 Å². The summed E-state index contributed by atoms with van der Waals surface area (Å²) in [6.45, 7) is 10.9. The van der Waals surface area contributed by atoms with Crippen molar-refractivity contribution in [1.82, 2.24) is 5.32 Å². The third-order valence-corrected chi connectivity index (χ3v) is 7.05. The van der Waals surface area contributed by atoms with Crippen molar-refractivity contribution in [2.75, 3.05) is 6.61 Å². The lowest BCUT2D eigenvalue weighted by atomic mass is 9.72. The Balaban J connectivity index is 1.97. The predicted molar refractivity (Wildman–Crippen MR) is 161 cm³/mol. The molecule has 1 aromatic rings. The Morgan fingerprint density at radius 3 is 2.45 bits per heavy atom. The summed E-state index contributed by atoms with van der Waals surface area (Å²) in [4.78, 5) is 36.4. The van der Waals surface area contributed by atoms with Gasteiger partial charge in [-0.25, -0.2) is 4.79 Å². The van der Waals surface area contributed by atoms with E-state index >= 15 is 0 Å². The SMILES string of the molecule is CC1=C(/C=C/C(C)=C/C=C/C(C)=C/COC(=O)[C@H](Cc2ccccc2)NC(=O)[C@@H](N)CC(N)=O)C(C)(C)CCC1. The molecule has 2 amide bonds. The number of hydrogen-bond acceptors (Lipinski definition) is 5. The molecule has 0 saturated carbocycles. The second-order valence-electron chi connectivity index (χ2n) is 11.1. The molecule has 0 spiro atoms. The summed E-state index contributed by atoms with van der Waals surface area (Å²) in [5.74, 6) is -1.92. The van der Waals surface area contributed by atoms with Crippen molar-refractivity contribution in [2.45, 2.75) is 78.8 Å². The highest BCUT2D eigenvalue weighted by molar-refractivity contribution is 5.90. The van der Waals surface area contributed by atoms with Gasteiger partial charge in [0.05, 0.1) is 12.5 Å². The molecule has 40 heavy (non-hydrogen) atoms. The van der Waals surface area contributed by atoms with Gasteiger partial charge in [-0.2, -0.15) is 0 Å². The number of ether oxygens (including phenoxy) is 1. The van der Waals surface area contributed by atoms with E-state index in [-0.39, 0.29) is 24.9 Å². The fraction of sp³-hybridized carbons (Fsp3) is 0.424. The molecule has 7 nitrogen and oxygen atoms in total. The van der Waals surface area contributed by atoms with Gasteiger partial charge in [-0.1, -0.05) is 91.3 Å². The van der Waals surface area contributed by atoms with Crippen molar-refractivity contribution >= 4 is 17.8 Å². The van der Waals surface area contributed by atoms with E-state index in [1.54, 1.807) is 6.08 Å². The monoisotopic (exact) mass is 547 g/mol. The van der Waals surface area contributed by atoms with Gasteiger partial charge in [0.25, 0.3) is 0 Å². The van der Waals surface area contributed by atoms with Crippen LogP contribution in [0.15, 0.2) is 89.1 Å². The molecular formula is C33H45N3O4. The zero-order chi connectivity index (χ0) is 29.7. The molecule has 216 valence electrons. The lowest BCUT2D eigenvalue weighted by Gasteiger charge is -2.32. The Labute approximate surface area is 239 Å². The molecule has 2 atom stereocenters. The normalized spacial score (nSPS) is 17.6. The Morgan fingerprint density at radius 1 is 1.10 bits per heavy atom. The number of nitrogens with one attached hydrogen (secondary N) is 1. The average molecular weight is 548 g/mol. The number of primary amides is 1. The quantitative estimate of drug-likeness (QED) is 0.237. The van der Waals surface area contributed by atoms with Crippen LogP contribution in [0, 0.1) is 5.41 Å². The first-order valence-corrected chi connectivity index (χ1v) is 13.8. The van der Waals surface area contributed by atoms with E-state index in [1.165, 1.54) is 30.4 Å². The van der Waals surface area contributed by atoms with Crippen LogP contribution in [0.4, 0.5) is 0 Å². The second-order valence-corrected chi connectivity index (χ2v) is 11.1. The minimum atomic E-state index is -1.14. The van der Waals surface area contributed by atoms with Crippen molar-refractivity contribution in [1.29, 1.82) is 0 Å². The first-order chi connectivity index (χ1) is 18.9. The number of allylic oxidation sites excluding steroid dienone is 9. The second kappa shape index (κ2) is 15.8. The molecule has 0 fully saturated rings. The fourth-order valence-electron chi connectivity index (χ4n) is 4.69. The molecule has 7 heteroatoms. The maximum atomic E-state index is 12.8. The molecule has 5 N–H and O–H groups in total. The molecule has 1 aromatic carbocycles. The highest BCUT2D eigenvalue weighted by atomic mass is 16.5. The lowest BCUT2D eigenvalue weighted by Crippen LogP contribution is -2.50. The molecular weight excluding hydrogens is 502 g/mol. The van der Waals surface area contributed by atoms with E-state index in [4.69, 9.17) is 16.2 Å². The molecule has 0 aliphatic heterocycles. The van der Waals surface area contributed by atoms with Gasteiger partial charge in [0, 0.05) is 6.42 Å². The Bertz CT molecular complexity index is 1190. The molecule has 1 aliphatic rings. The van der Waals surface area contributed by atoms with Gasteiger partial charge in [-0.05, 0) is 62.7 Å². The number of amides is 2. The molecule has 2 rings (SSSR count). The van der Waals surface area contributed by atoms with Gasteiger partial charge >= 0.3 is 5.97 Å². The Morgan fingerprint density at radius 2 is 1.80 bits per heavy atom. The van der Waals surface area contributed by atoms with Crippen LogP contribution in [-0.4, -0.2) is 36.5 Å². The van der Waals surface area contributed by atoms with Crippen molar-refractivity contribution < 1.29 is 19.1 Å². The van der Waals surface area contributed by atoms with E-state index in [0.717, 1.165) is 16.7 Å². The van der Waals surface area contributed by atoms with Crippen LogP contribution in [0.3, 0.4) is 0 Å². The largest absolute Gasteiger partial charge is 0.460 e. The van der Waals surface area contributed by atoms with Gasteiger partial charge in [-0.15, -0.1) is 0 Å². The number of rotatable bonds is 13. The summed E-state index contributed by atoms with van der Waals surface area (Å²) in [6, 6.07) is 7.16. The van der Waals surface area contributed by atoms with Crippen molar-refractivity contribution in [3.05, 3.63) is 94.6 Å². The minimum Gasteiger partial charge on any atom is -0.460 e. The maximum absolute atomic E-state index is 12.8.